The first kappa shape index (κ1) is 13.9. The third kappa shape index (κ3) is 3.09. The molecule has 0 amide bonds. The Morgan fingerprint density at radius 1 is 1.14 bits per heavy atom. The largest absolute Gasteiger partial charge is 0.305 e. The Kier molecular flexibility index (Phi) is 4.12. The van der Waals surface area contributed by atoms with E-state index < -0.39 is 0 Å². The van der Waals surface area contributed by atoms with E-state index >= 15 is 0 Å². The zero-order chi connectivity index (χ0) is 14.1. The molecule has 2 unspecified atom stereocenters. The predicted molar refractivity (Wildman–Crippen MR) is 91.2 cm³/mol. The van der Waals surface area contributed by atoms with Crippen LogP contribution in [0.2, 0.25) is 0 Å². The minimum atomic E-state index is 0.481. The molecule has 3 saturated heterocycles. The molecule has 0 spiro atoms. The van der Waals surface area contributed by atoms with Gasteiger partial charge >= 0.3 is 0 Å². The molecular weight excluding hydrogens is 296 g/mol. The van der Waals surface area contributed by atoms with E-state index in [0.717, 1.165) is 12.3 Å². The van der Waals surface area contributed by atoms with Crippen molar-refractivity contribution in [3.8, 4) is 0 Å². The van der Waals surface area contributed by atoms with Crippen LogP contribution in [-0.2, 0) is 6.42 Å². The fourth-order valence-electron chi connectivity index (χ4n) is 3.77. The van der Waals surface area contributed by atoms with E-state index in [1.165, 1.54) is 42.2 Å². The van der Waals surface area contributed by atoms with Crippen molar-refractivity contribution in [3.05, 3.63) is 44.8 Å². The van der Waals surface area contributed by atoms with Gasteiger partial charge in [-0.25, -0.2) is 0 Å². The second-order valence-electron chi connectivity index (χ2n) is 6.26. The molecule has 1 N–H and O–H groups in total. The first-order valence-electron chi connectivity index (χ1n) is 7.92. The van der Waals surface area contributed by atoms with Gasteiger partial charge in [-0.05, 0) is 54.7 Å². The summed E-state index contributed by atoms with van der Waals surface area (Å²) < 4.78 is 0. The maximum atomic E-state index is 4.00. The lowest BCUT2D eigenvalue weighted by atomic mass is 9.83. The quantitative estimate of drug-likeness (QED) is 0.902. The second-order valence-corrected chi connectivity index (χ2v) is 8.27. The molecule has 2 aromatic heterocycles. The van der Waals surface area contributed by atoms with Gasteiger partial charge in [-0.1, -0.05) is 12.1 Å². The SMILES string of the molecule is c1csc(CC(NC2CN3CCC2CC3)c2cccs2)c1. The standard InChI is InChI=1S/C17H22N2S2/c1-3-14(20-9-1)11-15(17-4-2-10-21-17)18-16-12-19-7-5-13(16)6-8-19/h1-4,9-10,13,15-16,18H,5-8,11-12H2. The zero-order valence-electron chi connectivity index (χ0n) is 12.2. The van der Waals surface area contributed by atoms with E-state index in [1.807, 2.05) is 22.7 Å². The molecule has 2 atom stereocenters. The lowest BCUT2D eigenvalue weighted by Crippen LogP contribution is -2.56. The monoisotopic (exact) mass is 318 g/mol. The van der Waals surface area contributed by atoms with Gasteiger partial charge in [0.05, 0.1) is 0 Å². The van der Waals surface area contributed by atoms with Crippen molar-refractivity contribution in [1.82, 2.24) is 10.2 Å². The second kappa shape index (κ2) is 6.21. The molecule has 4 heteroatoms. The normalized spacial score (nSPS) is 29.6. The Hall–Kier alpha value is -0.680. The summed E-state index contributed by atoms with van der Waals surface area (Å²) in [6.45, 7) is 3.88. The molecule has 0 aromatic carbocycles. The average Bonchev–Trinajstić information content (AvgIpc) is 3.21. The molecule has 0 radical (unpaired) electrons. The van der Waals surface area contributed by atoms with E-state index in [9.17, 15) is 0 Å². The summed E-state index contributed by atoms with van der Waals surface area (Å²) in [5, 5.41) is 8.40. The van der Waals surface area contributed by atoms with Crippen molar-refractivity contribution in [2.45, 2.75) is 31.3 Å². The van der Waals surface area contributed by atoms with Crippen molar-refractivity contribution < 1.29 is 0 Å². The number of fused-ring (bicyclic) bond motifs is 3. The van der Waals surface area contributed by atoms with Crippen LogP contribution < -0.4 is 5.32 Å². The number of rotatable bonds is 5. The molecular formula is C17H22N2S2. The molecule has 2 bridgehead atoms. The van der Waals surface area contributed by atoms with Gasteiger partial charge in [-0.2, -0.15) is 0 Å². The summed E-state index contributed by atoms with van der Waals surface area (Å²) >= 11 is 3.77. The third-order valence-corrected chi connectivity index (χ3v) is 6.83. The van der Waals surface area contributed by atoms with Gasteiger partial charge in [0.15, 0.2) is 0 Å². The van der Waals surface area contributed by atoms with Crippen LogP contribution in [0.3, 0.4) is 0 Å². The fraction of sp³-hybridized carbons (Fsp3) is 0.529. The number of nitrogens with zero attached hydrogens (tertiary/aromatic N) is 1. The van der Waals surface area contributed by atoms with Crippen molar-refractivity contribution in [2.75, 3.05) is 19.6 Å². The highest BCUT2D eigenvalue weighted by Gasteiger charge is 2.35. The molecule has 5 heterocycles. The molecule has 0 saturated carbocycles. The third-order valence-electron chi connectivity index (χ3n) is 4.94. The Bertz CT molecular complexity index is 541. The molecule has 3 aliphatic rings. The number of hydrogen-bond acceptors (Lipinski definition) is 4. The summed E-state index contributed by atoms with van der Waals surface area (Å²) in [5.41, 5.74) is 0. The van der Waals surface area contributed by atoms with Gasteiger partial charge in [0.2, 0.25) is 0 Å². The number of piperidine rings is 3. The van der Waals surface area contributed by atoms with E-state index in [-0.39, 0.29) is 0 Å². The van der Waals surface area contributed by atoms with Crippen molar-refractivity contribution in [2.24, 2.45) is 5.92 Å². The molecule has 2 aromatic rings. The lowest BCUT2D eigenvalue weighted by molar-refractivity contribution is 0.0671. The number of nitrogens with one attached hydrogen (secondary N) is 1. The maximum Gasteiger partial charge on any atom is 0.0466 e. The highest BCUT2D eigenvalue weighted by atomic mass is 32.1. The first-order chi connectivity index (χ1) is 10.4. The molecule has 112 valence electrons. The molecule has 3 fully saturated rings. The van der Waals surface area contributed by atoms with Crippen molar-refractivity contribution >= 4 is 22.7 Å². The van der Waals surface area contributed by atoms with Crippen LogP contribution in [0.5, 0.6) is 0 Å². The predicted octanol–water partition coefficient (Wildman–Crippen LogP) is 3.78. The summed E-state index contributed by atoms with van der Waals surface area (Å²) in [6.07, 6.45) is 3.89. The van der Waals surface area contributed by atoms with Crippen LogP contribution in [0, 0.1) is 5.92 Å². The van der Waals surface area contributed by atoms with Crippen LogP contribution in [0.25, 0.3) is 0 Å². The van der Waals surface area contributed by atoms with Gasteiger partial charge in [-0.15, -0.1) is 22.7 Å². The van der Waals surface area contributed by atoms with E-state index in [1.54, 1.807) is 0 Å². The van der Waals surface area contributed by atoms with E-state index in [2.05, 4.69) is 45.2 Å². The molecule has 21 heavy (non-hydrogen) atoms. The summed E-state index contributed by atoms with van der Waals surface area (Å²) in [4.78, 5) is 5.61. The van der Waals surface area contributed by atoms with Crippen LogP contribution in [0.1, 0.15) is 28.6 Å². The minimum absolute atomic E-state index is 0.481. The zero-order valence-corrected chi connectivity index (χ0v) is 13.8. The van der Waals surface area contributed by atoms with Gasteiger partial charge in [0.1, 0.15) is 0 Å². The maximum absolute atomic E-state index is 4.00. The molecule has 0 aliphatic carbocycles. The summed E-state index contributed by atoms with van der Waals surface area (Å²) in [6, 6.07) is 10.1. The highest BCUT2D eigenvalue weighted by molar-refractivity contribution is 7.10. The number of thiophene rings is 2. The minimum Gasteiger partial charge on any atom is -0.305 e. The van der Waals surface area contributed by atoms with Crippen LogP contribution in [-0.4, -0.2) is 30.6 Å². The summed E-state index contributed by atoms with van der Waals surface area (Å²) in [5.74, 6) is 0.890. The topological polar surface area (TPSA) is 15.3 Å². The Morgan fingerprint density at radius 3 is 2.57 bits per heavy atom. The lowest BCUT2D eigenvalue weighted by Gasteiger charge is -2.46. The molecule has 2 nitrogen and oxygen atoms in total. The van der Waals surface area contributed by atoms with Gasteiger partial charge in [-0.3, -0.25) is 0 Å². The average molecular weight is 319 g/mol. The Balaban J connectivity index is 1.50. The van der Waals surface area contributed by atoms with Crippen LogP contribution in [0.15, 0.2) is 35.0 Å². The Morgan fingerprint density at radius 2 is 1.95 bits per heavy atom. The smallest absolute Gasteiger partial charge is 0.0466 e. The summed E-state index contributed by atoms with van der Waals surface area (Å²) in [7, 11) is 0. The highest BCUT2D eigenvalue weighted by Crippen LogP contribution is 2.31. The first-order valence-corrected chi connectivity index (χ1v) is 9.68. The van der Waals surface area contributed by atoms with Gasteiger partial charge < -0.3 is 10.2 Å². The molecule has 3 aliphatic heterocycles. The van der Waals surface area contributed by atoms with E-state index in [0.29, 0.717) is 12.1 Å². The fourth-order valence-corrected chi connectivity index (χ4v) is 5.31. The van der Waals surface area contributed by atoms with E-state index in [4.69, 9.17) is 0 Å². The van der Waals surface area contributed by atoms with Crippen LogP contribution >= 0.6 is 22.7 Å². The van der Waals surface area contributed by atoms with Crippen molar-refractivity contribution in [3.63, 3.8) is 0 Å². The Labute approximate surface area is 134 Å². The molecule has 5 rings (SSSR count). The van der Waals surface area contributed by atoms with Gasteiger partial charge in [0, 0.05) is 34.8 Å². The van der Waals surface area contributed by atoms with Crippen LogP contribution in [0.4, 0.5) is 0 Å². The van der Waals surface area contributed by atoms with Gasteiger partial charge in [0.25, 0.3) is 0 Å². The van der Waals surface area contributed by atoms with Crippen molar-refractivity contribution in [1.29, 1.82) is 0 Å². The number of hydrogen-bond donors (Lipinski definition) is 1.